The lowest BCUT2D eigenvalue weighted by Crippen LogP contribution is -2.55. The van der Waals surface area contributed by atoms with Gasteiger partial charge < -0.3 is 15.3 Å². The average Bonchev–Trinajstić information content (AvgIpc) is 2.21. The van der Waals surface area contributed by atoms with Crippen LogP contribution < -0.4 is 10.6 Å². The molecule has 0 spiro atoms. The van der Waals surface area contributed by atoms with Gasteiger partial charge in [0.1, 0.15) is 12.6 Å². The summed E-state index contributed by atoms with van der Waals surface area (Å²) in [6.45, 7) is -0.459. The Labute approximate surface area is 97.0 Å². The second kappa shape index (κ2) is 5.28. The molecule has 1 heterocycles. The lowest BCUT2D eigenvalue weighted by molar-refractivity contribution is -0.137. The van der Waals surface area contributed by atoms with Gasteiger partial charge in [0.15, 0.2) is 0 Å². The van der Waals surface area contributed by atoms with Gasteiger partial charge in [-0.25, -0.2) is 4.79 Å². The van der Waals surface area contributed by atoms with E-state index in [4.69, 9.17) is 5.11 Å². The second-order valence-corrected chi connectivity index (χ2v) is 3.70. The van der Waals surface area contributed by atoms with Gasteiger partial charge in [0.2, 0.25) is 11.8 Å². The number of aliphatic carboxylic acids is 1. The van der Waals surface area contributed by atoms with E-state index in [0.717, 1.165) is 4.90 Å². The molecule has 1 atom stereocenters. The lowest BCUT2D eigenvalue weighted by atomic mass is 10.1. The van der Waals surface area contributed by atoms with Gasteiger partial charge in [-0.2, -0.15) is 0 Å². The van der Waals surface area contributed by atoms with Crippen LogP contribution in [0.1, 0.15) is 12.8 Å². The Balaban J connectivity index is 2.48. The summed E-state index contributed by atoms with van der Waals surface area (Å²) in [5.41, 5.74) is 0. The highest BCUT2D eigenvalue weighted by Crippen LogP contribution is 2.04. The Morgan fingerprint density at radius 1 is 1.53 bits per heavy atom. The van der Waals surface area contributed by atoms with Crippen LogP contribution in [0.4, 0.5) is 4.79 Å². The third-order valence-electron chi connectivity index (χ3n) is 2.26. The normalized spacial score (nSPS) is 19.5. The summed E-state index contributed by atoms with van der Waals surface area (Å²) in [5.74, 6) is -2.09. The number of rotatable bonds is 3. The third-order valence-corrected chi connectivity index (χ3v) is 2.26. The van der Waals surface area contributed by atoms with E-state index in [9.17, 15) is 19.2 Å². The van der Waals surface area contributed by atoms with Crippen LogP contribution in [0.15, 0.2) is 0 Å². The third kappa shape index (κ3) is 3.74. The number of carbonyl (C=O) groups is 4. The van der Waals surface area contributed by atoms with Crippen molar-refractivity contribution in [2.75, 3.05) is 13.6 Å². The topological polar surface area (TPSA) is 116 Å². The second-order valence-electron chi connectivity index (χ2n) is 3.70. The van der Waals surface area contributed by atoms with Crippen molar-refractivity contribution in [1.82, 2.24) is 15.5 Å². The molecule has 94 valence electrons. The number of carboxylic acid groups (broad SMARTS) is 1. The highest BCUT2D eigenvalue weighted by Gasteiger charge is 2.28. The molecule has 1 rings (SSSR count). The van der Waals surface area contributed by atoms with Crippen LogP contribution in [-0.2, 0) is 14.4 Å². The zero-order chi connectivity index (χ0) is 13.0. The molecule has 1 aliphatic heterocycles. The minimum Gasteiger partial charge on any atom is -0.480 e. The van der Waals surface area contributed by atoms with Gasteiger partial charge in [-0.1, -0.05) is 0 Å². The first-order valence-electron chi connectivity index (χ1n) is 4.97. The van der Waals surface area contributed by atoms with Gasteiger partial charge in [0, 0.05) is 13.5 Å². The number of amides is 4. The van der Waals surface area contributed by atoms with E-state index in [1.165, 1.54) is 7.05 Å². The van der Waals surface area contributed by atoms with E-state index in [-0.39, 0.29) is 18.7 Å². The van der Waals surface area contributed by atoms with Crippen LogP contribution in [0.5, 0.6) is 0 Å². The smallest absolute Gasteiger partial charge is 0.323 e. The molecule has 3 N–H and O–H groups in total. The predicted molar refractivity (Wildman–Crippen MR) is 55.0 cm³/mol. The largest absolute Gasteiger partial charge is 0.480 e. The van der Waals surface area contributed by atoms with E-state index in [1.807, 2.05) is 0 Å². The van der Waals surface area contributed by atoms with Crippen molar-refractivity contribution >= 4 is 23.8 Å². The summed E-state index contributed by atoms with van der Waals surface area (Å²) in [6, 6.07) is -1.46. The van der Waals surface area contributed by atoms with Gasteiger partial charge in [0.25, 0.3) is 0 Å². The molecule has 17 heavy (non-hydrogen) atoms. The summed E-state index contributed by atoms with van der Waals surface area (Å²) in [4.78, 5) is 44.9. The number of carboxylic acids is 1. The summed E-state index contributed by atoms with van der Waals surface area (Å²) in [5, 5.41) is 12.9. The number of carbonyl (C=O) groups excluding carboxylic acids is 3. The summed E-state index contributed by atoms with van der Waals surface area (Å²) in [7, 11) is 1.30. The van der Waals surface area contributed by atoms with Crippen molar-refractivity contribution in [3.8, 4) is 0 Å². The van der Waals surface area contributed by atoms with Gasteiger partial charge in [-0.15, -0.1) is 0 Å². The molecule has 0 radical (unpaired) electrons. The molecule has 8 nitrogen and oxygen atoms in total. The van der Waals surface area contributed by atoms with Crippen molar-refractivity contribution in [3.05, 3.63) is 0 Å². The minimum atomic E-state index is -1.15. The van der Waals surface area contributed by atoms with Crippen LogP contribution >= 0.6 is 0 Å². The standard InChI is InChI=1S/C9H13N3O5/c1-12(4-7(14)15)9(17)10-5-2-3-6(13)11-8(5)16/h5H,2-4H2,1H3,(H,10,17)(H,14,15)(H,11,13,16). The number of hydrogen-bond acceptors (Lipinski definition) is 4. The van der Waals surface area contributed by atoms with Gasteiger partial charge >= 0.3 is 12.0 Å². The summed E-state index contributed by atoms with van der Waals surface area (Å²) in [6.07, 6.45) is 0.372. The summed E-state index contributed by atoms with van der Waals surface area (Å²) >= 11 is 0. The van der Waals surface area contributed by atoms with Crippen LogP contribution in [0.2, 0.25) is 0 Å². The van der Waals surface area contributed by atoms with E-state index < -0.39 is 30.5 Å². The Bertz CT molecular complexity index is 368. The van der Waals surface area contributed by atoms with Crippen molar-refractivity contribution in [1.29, 1.82) is 0 Å². The number of nitrogens with zero attached hydrogens (tertiary/aromatic N) is 1. The molecule has 4 amide bonds. The first-order valence-corrected chi connectivity index (χ1v) is 4.97. The first-order chi connectivity index (χ1) is 7.90. The monoisotopic (exact) mass is 243 g/mol. The molecular formula is C9H13N3O5. The Hall–Kier alpha value is -2.12. The average molecular weight is 243 g/mol. The number of imide groups is 1. The molecule has 0 aromatic carbocycles. The van der Waals surface area contributed by atoms with Gasteiger partial charge in [0.05, 0.1) is 0 Å². The fraction of sp³-hybridized carbons (Fsp3) is 0.556. The Morgan fingerprint density at radius 2 is 2.18 bits per heavy atom. The molecule has 8 heteroatoms. The molecule has 0 aliphatic carbocycles. The number of nitrogens with one attached hydrogen (secondary N) is 2. The predicted octanol–water partition coefficient (Wildman–Crippen LogP) is -1.48. The summed E-state index contributed by atoms with van der Waals surface area (Å²) < 4.78 is 0. The molecule has 1 saturated heterocycles. The SMILES string of the molecule is CN(CC(=O)O)C(=O)NC1CCC(=O)NC1=O. The van der Waals surface area contributed by atoms with Gasteiger partial charge in [-0.05, 0) is 6.42 Å². The maximum atomic E-state index is 11.5. The van der Waals surface area contributed by atoms with Crippen molar-refractivity contribution < 1.29 is 24.3 Å². The maximum absolute atomic E-state index is 11.5. The van der Waals surface area contributed by atoms with Crippen molar-refractivity contribution in [2.45, 2.75) is 18.9 Å². The number of hydrogen-bond donors (Lipinski definition) is 3. The molecule has 0 aromatic heterocycles. The Morgan fingerprint density at radius 3 is 2.71 bits per heavy atom. The molecule has 1 aliphatic rings. The molecule has 0 saturated carbocycles. The van der Waals surface area contributed by atoms with E-state index >= 15 is 0 Å². The highest BCUT2D eigenvalue weighted by atomic mass is 16.4. The maximum Gasteiger partial charge on any atom is 0.323 e. The highest BCUT2D eigenvalue weighted by molar-refractivity contribution is 6.01. The minimum absolute atomic E-state index is 0.152. The molecule has 1 unspecified atom stereocenters. The molecule has 0 bridgehead atoms. The first kappa shape index (κ1) is 12.9. The van der Waals surface area contributed by atoms with E-state index in [2.05, 4.69) is 10.6 Å². The van der Waals surface area contributed by atoms with Crippen LogP contribution in [0.3, 0.4) is 0 Å². The number of piperidine rings is 1. The van der Waals surface area contributed by atoms with Crippen LogP contribution in [-0.4, -0.2) is 53.5 Å². The van der Waals surface area contributed by atoms with Gasteiger partial charge in [-0.3, -0.25) is 19.7 Å². The van der Waals surface area contributed by atoms with Crippen LogP contribution in [0.25, 0.3) is 0 Å². The lowest BCUT2D eigenvalue weighted by Gasteiger charge is -2.24. The van der Waals surface area contributed by atoms with Crippen molar-refractivity contribution in [3.63, 3.8) is 0 Å². The molecule has 0 aromatic rings. The number of urea groups is 1. The molecular weight excluding hydrogens is 230 g/mol. The molecule has 1 fully saturated rings. The quantitative estimate of drug-likeness (QED) is 0.523. The Kier molecular flexibility index (Phi) is 4.02. The zero-order valence-corrected chi connectivity index (χ0v) is 9.23. The fourth-order valence-corrected chi connectivity index (χ4v) is 1.37. The zero-order valence-electron chi connectivity index (χ0n) is 9.23. The van der Waals surface area contributed by atoms with E-state index in [0.29, 0.717) is 0 Å². The number of likely N-dealkylation sites (N-methyl/N-ethyl adjacent to an activating group) is 1. The fourth-order valence-electron chi connectivity index (χ4n) is 1.37. The van der Waals surface area contributed by atoms with Crippen LogP contribution in [0, 0.1) is 0 Å². The van der Waals surface area contributed by atoms with E-state index in [1.54, 1.807) is 0 Å². The van der Waals surface area contributed by atoms with Crippen molar-refractivity contribution in [2.24, 2.45) is 0 Å².